The summed E-state index contributed by atoms with van der Waals surface area (Å²) in [5.41, 5.74) is -1.66. The van der Waals surface area contributed by atoms with Crippen LogP contribution in [-0.4, -0.2) is 86.2 Å². The van der Waals surface area contributed by atoms with Crippen molar-refractivity contribution in [3.05, 3.63) is 0 Å². The Kier molecular flexibility index (Phi) is 5.62. The van der Waals surface area contributed by atoms with Gasteiger partial charge in [0.15, 0.2) is 0 Å². The van der Waals surface area contributed by atoms with Crippen molar-refractivity contribution >= 4 is 17.9 Å². The Hall–Kier alpha value is -1.83. The lowest BCUT2D eigenvalue weighted by atomic mass is 9.75. The summed E-state index contributed by atoms with van der Waals surface area (Å²) in [5.74, 6) is -0.471. The van der Waals surface area contributed by atoms with Gasteiger partial charge >= 0.3 is 6.09 Å². The number of β-lactam (4-membered cyclic amide) rings is 1. The van der Waals surface area contributed by atoms with Gasteiger partial charge in [0.1, 0.15) is 17.2 Å². The van der Waals surface area contributed by atoms with E-state index >= 15 is 0 Å². The number of likely N-dealkylation sites (tertiary alicyclic amines) is 3. The number of aliphatic hydroxyl groups is 1. The number of rotatable bonds is 3. The fraction of sp³-hybridized carbons (Fsp3) is 0.857. The zero-order chi connectivity index (χ0) is 21.7. The molecule has 3 aliphatic rings. The number of amides is 3. The van der Waals surface area contributed by atoms with Crippen molar-refractivity contribution in [1.82, 2.24) is 14.7 Å². The highest BCUT2D eigenvalue weighted by atomic mass is 16.6. The molecular weight excluding hydrogens is 374 g/mol. The number of nitrogens with zero attached hydrogens (tertiary/aromatic N) is 3. The third kappa shape index (κ3) is 3.49. The molecule has 0 aromatic rings. The minimum Gasteiger partial charge on any atom is -0.444 e. The molecule has 1 spiro atoms. The maximum absolute atomic E-state index is 13.5. The van der Waals surface area contributed by atoms with Crippen LogP contribution in [0.2, 0.25) is 0 Å². The lowest BCUT2D eigenvalue weighted by molar-refractivity contribution is -0.186. The summed E-state index contributed by atoms with van der Waals surface area (Å²) >= 11 is 0. The van der Waals surface area contributed by atoms with Gasteiger partial charge in [0, 0.05) is 19.1 Å². The summed E-state index contributed by atoms with van der Waals surface area (Å²) < 4.78 is 5.58. The van der Waals surface area contributed by atoms with E-state index in [1.165, 1.54) is 4.90 Å². The zero-order valence-corrected chi connectivity index (χ0v) is 18.5. The monoisotopic (exact) mass is 409 g/mol. The first-order chi connectivity index (χ1) is 13.4. The summed E-state index contributed by atoms with van der Waals surface area (Å²) in [5, 5.41) is 10.4. The molecule has 0 aromatic carbocycles. The molecule has 29 heavy (non-hydrogen) atoms. The number of hydrogen-bond donors (Lipinski definition) is 1. The molecule has 3 saturated heterocycles. The standard InChI is InChI=1S/C21H35N3O5/c1-13-9-10-21(24(13)19(28)29-20(4,5)6)15(3)23(18(21)27)16(14(2)25)17(26)22-11-7-8-12-22/h13-16,25H,7-12H2,1-6H3/t13?,14-,15?,16+,21?/m1/s1. The van der Waals surface area contributed by atoms with Crippen molar-refractivity contribution in [2.45, 2.75) is 103 Å². The SMILES string of the molecule is CC1CCC2(C(=O)N([C@H](C(=O)N3CCCC3)[C@@H](C)O)C2C)N1C(=O)OC(C)(C)C. The second kappa shape index (κ2) is 7.45. The predicted octanol–water partition coefficient (Wildman–Crippen LogP) is 1.75. The van der Waals surface area contributed by atoms with E-state index in [1.54, 1.807) is 37.5 Å². The summed E-state index contributed by atoms with van der Waals surface area (Å²) in [7, 11) is 0. The summed E-state index contributed by atoms with van der Waals surface area (Å²) in [6, 6.07) is -1.42. The number of hydrogen-bond acceptors (Lipinski definition) is 5. The highest BCUT2D eigenvalue weighted by molar-refractivity contribution is 6.01. The molecule has 3 fully saturated rings. The molecule has 8 heteroatoms. The first-order valence-corrected chi connectivity index (χ1v) is 10.7. The maximum Gasteiger partial charge on any atom is 0.411 e. The average Bonchev–Trinajstić information content (AvgIpc) is 3.25. The van der Waals surface area contributed by atoms with Crippen LogP contribution in [0.4, 0.5) is 4.79 Å². The molecule has 0 radical (unpaired) electrons. The first kappa shape index (κ1) is 21.9. The van der Waals surface area contributed by atoms with Gasteiger partial charge in [-0.15, -0.1) is 0 Å². The van der Waals surface area contributed by atoms with Gasteiger partial charge < -0.3 is 19.6 Å². The second-order valence-corrected chi connectivity index (χ2v) is 9.77. The van der Waals surface area contributed by atoms with Crippen LogP contribution in [0.1, 0.15) is 67.2 Å². The maximum atomic E-state index is 13.5. The van der Waals surface area contributed by atoms with Crippen LogP contribution in [0.5, 0.6) is 0 Å². The van der Waals surface area contributed by atoms with Crippen LogP contribution >= 0.6 is 0 Å². The van der Waals surface area contributed by atoms with E-state index in [2.05, 4.69) is 0 Å². The third-order valence-corrected chi connectivity index (χ3v) is 6.54. The zero-order valence-electron chi connectivity index (χ0n) is 18.5. The van der Waals surface area contributed by atoms with Crippen molar-refractivity contribution in [2.75, 3.05) is 13.1 Å². The fourth-order valence-corrected chi connectivity index (χ4v) is 5.14. The lowest BCUT2D eigenvalue weighted by Gasteiger charge is -2.59. The van der Waals surface area contributed by atoms with Crippen molar-refractivity contribution in [2.24, 2.45) is 0 Å². The van der Waals surface area contributed by atoms with Gasteiger partial charge in [0.25, 0.3) is 5.91 Å². The van der Waals surface area contributed by atoms with Crippen LogP contribution in [0.15, 0.2) is 0 Å². The number of aliphatic hydroxyl groups excluding tert-OH is 1. The molecule has 164 valence electrons. The molecule has 0 bridgehead atoms. The van der Waals surface area contributed by atoms with Crippen LogP contribution in [0.3, 0.4) is 0 Å². The quantitative estimate of drug-likeness (QED) is 0.717. The lowest BCUT2D eigenvalue weighted by Crippen LogP contribution is -2.82. The van der Waals surface area contributed by atoms with Crippen LogP contribution in [0, 0.1) is 0 Å². The first-order valence-electron chi connectivity index (χ1n) is 10.7. The van der Waals surface area contributed by atoms with E-state index in [1.807, 2.05) is 13.8 Å². The number of ether oxygens (including phenoxy) is 1. The van der Waals surface area contributed by atoms with Gasteiger partial charge in [-0.2, -0.15) is 0 Å². The molecule has 0 saturated carbocycles. The third-order valence-electron chi connectivity index (χ3n) is 6.54. The largest absolute Gasteiger partial charge is 0.444 e. The fourth-order valence-electron chi connectivity index (χ4n) is 5.14. The molecule has 3 heterocycles. The van der Waals surface area contributed by atoms with Crippen LogP contribution < -0.4 is 0 Å². The van der Waals surface area contributed by atoms with Gasteiger partial charge in [-0.25, -0.2) is 4.79 Å². The Morgan fingerprint density at radius 2 is 1.79 bits per heavy atom. The van der Waals surface area contributed by atoms with Crippen molar-refractivity contribution < 1.29 is 24.2 Å². The molecule has 3 unspecified atom stereocenters. The Bertz CT molecular complexity index is 682. The van der Waals surface area contributed by atoms with E-state index in [9.17, 15) is 19.5 Å². The normalized spacial score (nSPS) is 31.8. The van der Waals surface area contributed by atoms with E-state index < -0.39 is 29.4 Å². The molecule has 3 rings (SSSR count). The Balaban J connectivity index is 1.86. The summed E-state index contributed by atoms with van der Waals surface area (Å²) in [4.78, 5) is 44.2. The molecule has 5 atom stereocenters. The topological polar surface area (TPSA) is 90.4 Å². The average molecular weight is 410 g/mol. The van der Waals surface area contributed by atoms with Gasteiger partial charge in [-0.1, -0.05) is 0 Å². The van der Waals surface area contributed by atoms with Gasteiger partial charge in [0.2, 0.25) is 5.91 Å². The van der Waals surface area contributed by atoms with Crippen molar-refractivity contribution in [3.8, 4) is 0 Å². The molecular formula is C21H35N3O5. The molecule has 0 aromatic heterocycles. The summed E-state index contributed by atoms with van der Waals surface area (Å²) in [6.45, 7) is 12.0. The van der Waals surface area contributed by atoms with Crippen molar-refractivity contribution in [3.63, 3.8) is 0 Å². The van der Waals surface area contributed by atoms with Crippen molar-refractivity contribution in [1.29, 1.82) is 0 Å². The van der Waals surface area contributed by atoms with E-state index in [-0.39, 0.29) is 23.9 Å². The highest BCUT2D eigenvalue weighted by Gasteiger charge is 2.69. The Morgan fingerprint density at radius 3 is 2.28 bits per heavy atom. The van der Waals surface area contributed by atoms with E-state index in [0.717, 1.165) is 12.8 Å². The number of carbonyl (C=O) groups excluding carboxylic acids is 3. The summed E-state index contributed by atoms with van der Waals surface area (Å²) in [6.07, 6.45) is 1.63. The minimum atomic E-state index is -1.000. The van der Waals surface area contributed by atoms with Gasteiger partial charge in [-0.3, -0.25) is 14.5 Å². The van der Waals surface area contributed by atoms with Gasteiger partial charge in [0.05, 0.1) is 12.1 Å². The van der Waals surface area contributed by atoms with E-state index in [0.29, 0.717) is 25.9 Å². The molecule has 1 N–H and O–H groups in total. The van der Waals surface area contributed by atoms with Crippen LogP contribution in [-0.2, 0) is 14.3 Å². The van der Waals surface area contributed by atoms with Gasteiger partial charge in [-0.05, 0) is 67.2 Å². The number of carbonyl (C=O) groups is 3. The minimum absolute atomic E-state index is 0.127. The molecule has 0 aliphatic carbocycles. The van der Waals surface area contributed by atoms with Crippen LogP contribution in [0.25, 0.3) is 0 Å². The van der Waals surface area contributed by atoms with E-state index in [4.69, 9.17) is 4.74 Å². The highest BCUT2D eigenvalue weighted by Crippen LogP contribution is 2.48. The molecule has 8 nitrogen and oxygen atoms in total. The second-order valence-electron chi connectivity index (χ2n) is 9.77. The smallest absolute Gasteiger partial charge is 0.411 e. The molecule has 3 aliphatic heterocycles. The predicted molar refractivity (Wildman–Crippen MR) is 107 cm³/mol. The Morgan fingerprint density at radius 1 is 1.21 bits per heavy atom. The Labute approximate surface area is 173 Å². The molecule has 3 amide bonds.